The van der Waals surface area contributed by atoms with E-state index in [1.165, 1.54) is 18.2 Å². The van der Waals surface area contributed by atoms with E-state index in [1.54, 1.807) is 14.0 Å². The van der Waals surface area contributed by atoms with Crippen LogP contribution in [-0.4, -0.2) is 18.5 Å². The van der Waals surface area contributed by atoms with Gasteiger partial charge in [-0.2, -0.15) is 0 Å². The first kappa shape index (κ1) is 13.8. The van der Waals surface area contributed by atoms with E-state index in [0.717, 1.165) is 0 Å². The molecule has 1 aromatic carbocycles. The molecule has 3 heteroatoms. The zero-order chi connectivity index (χ0) is 13.1. The van der Waals surface area contributed by atoms with Crippen LogP contribution in [0.2, 0.25) is 0 Å². The van der Waals surface area contributed by atoms with Gasteiger partial charge in [-0.15, -0.1) is 0 Å². The number of aryl methyl sites for hydroxylation is 1. The highest BCUT2D eigenvalue weighted by Crippen LogP contribution is 2.26. The van der Waals surface area contributed by atoms with E-state index in [1.807, 2.05) is 13.8 Å². The molecule has 17 heavy (non-hydrogen) atoms. The highest BCUT2D eigenvalue weighted by atomic mass is 19.1. The molecular weight excluding hydrogens is 219 g/mol. The van der Waals surface area contributed by atoms with Crippen molar-refractivity contribution >= 4 is 5.78 Å². The smallest absolute Gasteiger partial charge is 0.194 e. The normalized spacial score (nSPS) is 11.6. The van der Waals surface area contributed by atoms with Gasteiger partial charge in [0.1, 0.15) is 11.4 Å². The molecule has 0 aliphatic carbocycles. The Labute approximate surface area is 102 Å². The van der Waals surface area contributed by atoms with Crippen LogP contribution >= 0.6 is 0 Å². The molecule has 0 radical (unpaired) electrons. The van der Waals surface area contributed by atoms with E-state index in [4.69, 9.17) is 4.74 Å². The van der Waals surface area contributed by atoms with Crippen LogP contribution < -0.4 is 0 Å². The van der Waals surface area contributed by atoms with Crippen LogP contribution in [0.15, 0.2) is 18.2 Å². The first-order valence-electron chi connectivity index (χ1n) is 5.86. The summed E-state index contributed by atoms with van der Waals surface area (Å²) in [5.74, 6) is -0.391. The highest BCUT2D eigenvalue weighted by molar-refractivity contribution is 6.03. The summed E-state index contributed by atoms with van der Waals surface area (Å²) >= 11 is 0. The van der Waals surface area contributed by atoms with Crippen LogP contribution in [0.4, 0.5) is 4.39 Å². The van der Waals surface area contributed by atoms with Crippen molar-refractivity contribution < 1.29 is 13.9 Å². The molecule has 0 saturated heterocycles. The summed E-state index contributed by atoms with van der Waals surface area (Å²) in [6.45, 7) is 5.58. The zero-order valence-electron chi connectivity index (χ0n) is 10.8. The van der Waals surface area contributed by atoms with Gasteiger partial charge in [-0.25, -0.2) is 4.39 Å². The average molecular weight is 238 g/mol. The van der Waals surface area contributed by atoms with Crippen molar-refractivity contribution in [2.24, 2.45) is 0 Å². The van der Waals surface area contributed by atoms with Crippen molar-refractivity contribution in [3.05, 3.63) is 35.1 Å². The van der Waals surface area contributed by atoms with Crippen molar-refractivity contribution in [3.63, 3.8) is 0 Å². The maximum Gasteiger partial charge on any atom is 0.194 e. The molecule has 0 aromatic heterocycles. The van der Waals surface area contributed by atoms with E-state index < -0.39 is 5.60 Å². The largest absolute Gasteiger partial charge is 0.370 e. The molecule has 0 heterocycles. The van der Waals surface area contributed by atoms with Crippen molar-refractivity contribution in [2.75, 3.05) is 7.11 Å². The third kappa shape index (κ3) is 2.55. The van der Waals surface area contributed by atoms with Crippen LogP contribution in [0.25, 0.3) is 0 Å². The summed E-state index contributed by atoms with van der Waals surface area (Å²) in [7, 11) is 1.55. The summed E-state index contributed by atoms with van der Waals surface area (Å²) < 4.78 is 18.4. The lowest BCUT2D eigenvalue weighted by Crippen LogP contribution is -2.39. The van der Waals surface area contributed by atoms with E-state index >= 15 is 0 Å². The first-order chi connectivity index (χ1) is 8.00. The number of ketones is 1. The van der Waals surface area contributed by atoms with Gasteiger partial charge in [0.15, 0.2) is 5.78 Å². The number of halogens is 1. The number of carbonyl (C=O) groups is 1. The minimum atomic E-state index is -0.789. The lowest BCUT2D eigenvalue weighted by atomic mass is 9.86. The molecule has 0 amide bonds. The van der Waals surface area contributed by atoms with Crippen molar-refractivity contribution in [1.82, 2.24) is 0 Å². The summed E-state index contributed by atoms with van der Waals surface area (Å²) in [6.07, 6.45) is 1.21. The molecule has 2 nitrogen and oxygen atoms in total. The quantitative estimate of drug-likeness (QED) is 0.734. The molecule has 0 bridgehead atoms. The Bertz CT molecular complexity index is 400. The summed E-state index contributed by atoms with van der Waals surface area (Å²) in [5, 5.41) is 0. The molecule has 0 unspecified atom stereocenters. The zero-order valence-corrected chi connectivity index (χ0v) is 10.8. The van der Waals surface area contributed by atoms with Crippen molar-refractivity contribution in [3.8, 4) is 0 Å². The number of hydrogen-bond donors (Lipinski definition) is 0. The Hall–Kier alpha value is -1.22. The molecule has 0 spiro atoms. The Morgan fingerprint density at radius 2 is 1.94 bits per heavy atom. The monoisotopic (exact) mass is 238 g/mol. The Kier molecular flexibility index (Phi) is 4.40. The second-order valence-electron chi connectivity index (χ2n) is 4.19. The van der Waals surface area contributed by atoms with Gasteiger partial charge in [0.25, 0.3) is 0 Å². The number of methoxy groups -OCH3 is 1. The van der Waals surface area contributed by atoms with Crippen molar-refractivity contribution in [1.29, 1.82) is 0 Å². The summed E-state index contributed by atoms with van der Waals surface area (Å²) in [6, 6.07) is 4.22. The van der Waals surface area contributed by atoms with Gasteiger partial charge in [-0.3, -0.25) is 4.79 Å². The van der Waals surface area contributed by atoms with Crippen LogP contribution in [0, 0.1) is 12.7 Å². The predicted octanol–water partition coefficient (Wildman–Crippen LogP) is 3.52. The van der Waals surface area contributed by atoms with Crippen LogP contribution in [0.3, 0.4) is 0 Å². The molecular formula is C14H19FO2. The fourth-order valence-electron chi connectivity index (χ4n) is 2.08. The first-order valence-corrected chi connectivity index (χ1v) is 5.86. The summed E-state index contributed by atoms with van der Waals surface area (Å²) in [4.78, 5) is 12.4. The second-order valence-corrected chi connectivity index (χ2v) is 4.19. The maximum absolute atomic E-state index is 13.0. The molecule has 1 rings (SSSR count). The van der Waals surface area contributed by atoms with Gasteiger partial charge in [0.2, 0.25) is 0 Å². The van der Waals surface area contributed by atoms with Gasteiger partial charge in [0, 0.05) is 12.7 Å². The Morgan fingerprint density at radius 1 is 1.35 bits per heavy atom. The van der Waals surface area contributed by atoms with Crippen LogP contribution in [-0.2, 0) is 4.74 Å². The third-order valence-corrected chi connectivity index (χ3v) is 3.38. The Balaban J connectivity index is 3.19. The molecule has 0 saturated carbocycles. The summed E-state index contributed by atoms with van der Waals surface area (Å²) in [5.41, 5.74) is 0.401. The molecule has 1 aromatic rings. The molecule has 0 aliphatic heterocycles. The topological polar surface area (TPSA) is 26.3 Å². The van der Waals surface area contributed by atoms with Gasteiger partial charge in [-0.05, 0) is 43.5 Å². The van der Waals surface area contributed by atoms with Gasteiger partial charge >= 0.3 is 0 Å². The average Bonchev–Trinajstić information content (AvgIpc) is 2.32. The fourth-order valence-corrected chi connectivity index (χ4v) is 2.08. The minimum Gasteiger partial charge on any atom is -0.370 e. The van der Waals surface area contributed by atoms with E-state index in [-0.39, 0.29) is 11.6 Å². The minimum absolute atomic E-state index is 0.0671. The third-order valence-electron chi connectivity index (χ3n) is 3.38. The molecule has 0 fully saturated rings. The number of benzene rings is 1. The lowest BCUT2D eigenvalue weighted by molar-refractivity contribution is -0.00267. The highest BCUT2D eigenvalue weighted by Gasteiger charge is 2.35. The van der Waals surface area contributed by atoms with Crippen LogP contribution in [0.1, 0.15) is 42.6 Å². The number of hydrogen-bond acceptors (Lipinski definition) is 2. The van der Waals surface area contributed by atoms with E-state index in [2.05, 4.69) is 0 Å². The van der Waals surface area contributed by atoms with Gasteiger partial charge in [-0.1, -0.05) is 13.8 Å². The van der Waals surface area contributed by atoms with Crippen LogP contribution in [0.5, 0.6) is 0 Å². The van der Waals surface area contributed by atoms with Gasteiger partial charge in [0.05, 0.1) is 0 Å². The molecule has 0 N–H and O–H groups in total. The number of rotatable bonds is 5. The van der Waals surface area contributed by atoms with Gasteiger partial charge < -0.3 is 4.74 Å². The second kappa shape index (κ2) is 5.41. The SMILES string of the molecule is CCC(CC)(OC)C(=O)c1ccc(F)cc1C. The predicted molar refractivity (Wildman–Crippen MR) is 65.8 cm³/mol. The van der Waals surface area contributed by atoms with E-state index in [9.17, 15) is 9.18 Å². The van der Waals surface area contributed by atoms with Crippen molar-refractivity contribution in [2.45, 2.75) is 39.2 Å². The number of ether oxygens (including phenoxy) is 1. The standard InChI is InChI=1S/C14H19FO2/c1-5-14(6-2,17-4)13(16)12-8-7-11(15)9-10(12)3/h7-9H,5-6H2,1-4H3. The maximum atomic E-state index is 13.0. The fraction of sp³-hybridized carbons (Fsp3) is 0.500. The molecule has 94 valence electrons. The number of Topliss-reactive ketones (excluding diaryl/α,β-unsaturated/α-hetero) is 1. The molecule has 0 aliphatic rings. The van der Waals surface area contributed by atoms with E-state index in [0.29, 0.717) is 24.0 Å². The lowest BCUT2D eigenvalue weighted by Gasteiger charge is -2.29. The Morgan fingerprint density at radius 3 is 2.35 bits per heavy atom. The number of carbonyl (C=O) groups excluding carboxylic acids is 1. The molecule has 0 atom stereocenters.